The van der Waals surface area contributed by atoms with Crippen LogP contribution in [0.4, 0.5) is 4.79 Å². The van der Waals surface area contributed by atoms with E-state index in [1.807, 2.05) is 25.1 Å². The lowest BCUT2D eigenvalue weighted by Gasteiger charge is -2.34. The summed E-state index contributed by atoms with van der Waals surface area (Å²) in [5.74, 6) is -0.884. The van der Waals surface area contributed by atoms with Crippen LogP contribution in [-0.4, -0.2) is 79.0 Å². The Balaban J connectivity index is 2.14. The SMILES string of the molecule is CO[C@@H]1C[C@H]([C@H](OC)[C@@H](C)C(=O)NCC(=NO)c2cc(Br)ccc2C)N(C(=O)OC(C)(C)C)C1. The van der Waals surface area contributed by atoms with E-state index in [4.69, 9.17) is 14.2 Å². The number of aryl methyl sites for hydroxylation is 1. The van der Waals surface area contributed by atoms with Crippen molar-refractivity contribution in [3.05, 3.63) is 33.8 Å². The van der Waals surface area contributed by atoms with Gasteiger partial charge in [-0.15, -0.1) is 0 Å². The number of amides is 2. The highest BCUT2D eigenvalue weighted by Gasteiger charge is 2.45. The van der Waals surface area contributed by atoms with Gasteiger partial charge in [-0.3, -0.25) is 9.69 Å². The van der Waals surface area contributed by atoms with Crippen molar-refractivity contribution in [2.24, 2.45) is 11.1 Å². The lowest BCUT2D eigenvalue weighted by molar-refractivity contribution is -0.130. The van der Waals surface area contributed by atoms with Gasteiger partial charge in [-0.2, -0.15) is 0 Å². The normalized spacial score (nSPS) is 20.7. The second-order valence-corrected chi connectivity index (χ2v) is 10.4. The summed E-state index contributed by atoms with van der Waals surface area (Å²) in [6.07, 6.45) is -0.716. The molecule has 2 amide bonds. The van der Waals surface area contributed by atoms with Gasteiger partial charge < -0.3 is 24.7 Å². The Morgan fingerprint density at radius 3 is 2.56 bits per heavy atom. The summed E-state index contributed by atoms with van der Waals surface area (Å²) in [6.45, 7) is 9.46. The second kappa shape index (κ2) is 12.0. The van der Waals surface area contributed by atoms with Crippen LogP contribution < -0.4 is 5.32 Å². The predicted molar refractivity (Wildman–Crippen MR) is 132 cm³/mol. The van der Waals surface area contributed by atoms with Gasteiger partial charge in [-0.1, -0.05) is 34.1 Å². The average molecular weight is 542 g/mol. The highest BCUT2D eigenvalue weighted by Crippen LogP contribution is 2.29. The molecule has 4 atom stereocenters. The third kappa shape index (κ3) is 7.16. The van der Waals surface area contributed by atoms with Crippen molar-refractivity contribution >= 4 is 33.6 Å². The smallest absolute Gasteiger partial charge is 0.410 e. The number of hydrogen-bond acceptors (Lipinski definition) is 7. The van der Waals surface area contributed by atoms with E-state index in [-0.39, 0.29) is 18.6 Å². The fourth-order valence-electron chi connectivity index (χ4n) is 4.10. The first-order valence-electron chi connectivity index (χ1n) is 11.2. The molecule has 1 aliphatic rings. The highest BCUT2D eigenvalue weighted by molar-refractivity contribution is 9.10. The molecule has 2 N–H and O–H groups in total. The second-order valence-electron chi connectivity index (χ2n) is 9.51. The van der Waals surface area contributed by atoms with Crippen LogP contribution in [0.2, 0.25) is 0 Å². The molecule has 10 heteroatoms. The van der Waals surface area contributed by atoms with Crippen LogP contribution in [0.5, 0.6) is 0 Å². The molecule has 1 aromatic carbocycles. The minimum absolute atomic E-state index is 0.0363. The first-order chi connectivity index (χ1) is 15.9. The number of nitrogens with one attached hydrogen (secondary N) is 1. The summed E-state index contributed by atoms with van der Waals surface area (Å²) in [5, 5.41) is 15.8. The third-order valence-corrected chi connectivity index (χ3v) is 6.38. The Morgan fingerprint density at radius 2 is 2.00 bits per heavy atom. The summed E-state index contributed by atoms with van der Waals surface area (Å²) < 4.78 is 17.6. The Kier molecular flexibility index (Phi) is 9.90. The van der Waals surface area contributed by atoms with Gasteiger partial charge in [0.2, 0.25) is 5.91 Å². The van der Waals surface area contributed by atoms with Crippen LogP contribution in [0.25, 0.3) is 0 Å². The number of carbonyl (C=O) groups is 2. The van der Waals surface area contributed by atoms with E-state index in [2.05, 4.69) is 26.4 Å². The molecule has 190 valence electrons. The number of nitrogens with zero attached hydrogens (tertiary/aromatic N) is 2. The minimum atomic E-state index is -0.650. The quantitative estimate of drug-likeness (QED) is 0.295. The van der Waals surface area contributed by atoms with Crippen LogP contribution in [0.1, 0.15) is 45.2 Å². The summed E-state index contributed by atoms with van der Waals surface area (Å²) in [7, 11) is 3.12. The third-order valence-electron chi connectivity index (χ3n) is 5.89. The highest BCUT2D eigenvalue weighted by atomic mass is 79.9. The van der Waals surface area contributed by atoms with Gasteiger partial charge >= 0.3 is 6.09 Å². The molecule has 2 rings (SSSR count). The van der Waals surface area contributed by atoms with Crippen LogP contribution in [0.15, 0.2) is 27.8 Å². The van der Waals surface area contributed by atoms with Crippen molar-refractivity contribution in [1.29, 1.82) is 0 Å². The van der Waals surface area contributed by atoms with Crippen molar-refractivity contribution in [2.45, 2.75) is 64.9 Å². The van der Waals surface area contributed by atoms with E-state index < -0.39 is 29.8 Å². The molecule has 0 aromatic heterocycles. The van der Waals surface area contributed by atoms with Crippen molar-refractivity contribution in [1.82, 2.24) is 10.2 Å². The van der Waals surface area contributed by atoms with Crippen molar-refractivity contribution in [2.75, 3.05) is 27.3 Å². The zero-order valence-electron chi connectivity index (χ0n) is 20.9. The number of likely N-dealkylation sites (tertiary alicyclic amines) is 1. The fraction of sp³-hybridized carbons (Fsp3) is 0.625. The molecule has 0 unspecified atom stereocenters. The van der Waals surface area contributed by atoms with Crippen LogP contribution >= 0.6 is 15.9 Å². The van der Waals surface area contributed by atoms with Crippen LogP contribution in [-0.2, 0) is 19.0 Å². The molecular weight excluding hydrogens is 506 g/mol. The maximum Gasteiger partial charge on any atom is 0.410 e. The molecule has 0 spiro atoms. The molecule has 1 saturated heterocycles. The van der Waals surface area contributed by atoms with E-state index in [0.717, 1.165) is 15.6 Å². The first-order valence-corrected chi connectivity index (χ1v) is 12.0. The molecule has 9 nitrogen and oxygen atoms in total. The largest absolute Gasteiger partial charge is 0.444 e. The van der Waals surface area contributed by atoms with E-state index in [9.17, 15) is 14.8 Å². The lowest BCUT2D eigenvalue weighted by Crippen LogP contribution is -2.51. The van der Waals surface area contributed by atoms with E-state index >= 15 is 0 Å². The number of ether oxygens (including phenoxy) is 3. The van der Waals surface area contributed by atoms with Crippen molar-refractivity contribution in [3.8, 4) is 0 Å². The molecule has 0 bridgehead atoms. The molecular formula is C24H36BrN3O6. The van der Waals surface area contributed by atoms with Gasteiger partial charge in [-0.05, 0) is 51.8 Å². The number of oxime groups is 1. The Hall–Kier alpha value is -2.17. The summed E-state index contributed by atoms with van der Waals surface area (Å²) in [6, 6.07) is 5.22. The van der Waals surface area contributed by atoms with Gasteiger partial charge in [0.25, 0.3) is 0 Å². The van der Waals surface area contributed by atoms with E-state index in [0.29, 0.717) is 18.7 Å². The van der Waals surface area contributed by atoms with E-state index in [1.54, 1.807) is 39.7 Å². The molecule has 0 aliphatic carbocycles. The standard InChI is InChI=1S/C24H36BrN3O6/c1-14-8-9-16(25)10-18(14)19(27-31)12-26-22(29)15(2)21(33-7)20-11-17(32-6)13-28(20)23(30)34-24(3,4)5/h8-10,15,17,20-21,31H,11-13H2,1-7H3,(H,26,29)/t15-,17-,20-,21-/m1/s1. The van der Waals surface area contributed by atoms with Gasteiger partial charge in [-0.25, -0.2) is 4.79 Å². The minimum Gasteiger partial charge on any atom is -0.444 e. The molecule has 0 saturated carbocycles. The summed E-state index contributed by atoms with van der Waals surface area (Å²) >= 11 is 3.42. The Labute approximate surface area is 209 Å². The number of carbonyl (C=O) groups excluding carboxylic acids is 2. The molecule has 1 heterocycles. The van der Waals surface area contributed by atoms with Gasteiger partial charge in [0.1, 0.15) is 11.3 Å². The number of methoxy groups -OCH3 is 2. The number of hydrogen-bond donors (Lipinski definition) is 2. The zero-order valence-corrected chi connectivity index (χ0v) is 22.5. The predicted octanol–water partition coefficient (Wildman–Crippen LogP) is 3.73. The molecule has 1 fully saturated rings. The average Bonchev–Trinajstić information content (AvgIpc) is 3.20. The molecule has 1 aliphatic heterocycles. The molecule has 0 radical (unpaired) electrons. The topological polar surface area (TPSA) is 110 Å². The van der Waals surface area contributed by atoms with Crippen LogP contribution in [0, 0.1) is 12.8 Å². The fourth-order valence-corrected chi connectivity index (χ4v) is 4.46. The monoisotopic (exact) mass is 541 g/mol. The Bertz CT molecular complexity index is 901. The summed E-state index contributed by atoms with van der Waals surface area (Å²) in [4.78, 5) is 27.5. The maximum absolute atomic E-state index is 13.1. The van der Waals surface area contributed by atoms with Crippen molar-refractivity contribution < 1.29 is 29.0 Å². The number of halogens is 1. The Morgan fingerprint density at radius 1 is 1.32 bits per heavy atom. The maximum atomic E-state index is 13.1. The number of rotatable bonds is 8. The van der Waals surface area contributed by atoms with Crippen molar-refractivity contribution in [3.63, 3.8) is 0 Å². The van der Waals surface area contributed by atoms with Gasteiger partial charge in [0.15, 0.2) is 0 Å². The zero-order chi connectivity index (χ0) is 25.6. The molecule has 34 heavy (non-hydrogen) atoms. The molecule has 1 aromatic rings. The summed E-state index contributed by atoms with van der Waals surface area (Å²) in [5.41, 5.74) is 1.33. The number of benzene rings is 1. The van der Waals surface area contributed by atoms with Crippen LogP contribution in [0.3, 0.4) is 0 Å². The van der Waals surface area contributed by atoms with Gasteiger partial charge in [0.05, 0.1) is 37.3 Å². The lowest BCUT2D eigenvalue weighted by atomic mass is 9.94. The van der Waals surface area contributed by atoms with E-state index in [1.165, 1.54) is 7.11 Å². The first kappa shape index (κ1) is 28.1. The van der Waals surface area contributed by atoms with Gasteiger partial charge in [0, 0.05) is 24.3 Å².